The quantitative estimate of drug-likeness (QED) is 0.0885. The minimum absolute atomic E-state index is 0.0165. The number of ether oxygens (including phenoxy) is 4. The van der Waals surface area contributed by atoms with E-state index in [1.807, 2.05) is 5.48 Å². The summed E-state index contributed by atoms with van der Waals surface area (Å²) >= 11 is 0. The molecule has 1 fully saturated rings. The lowest BCUT2D eigenvalue weighted by Gasteiger charge is -2.48. The molecule has 0 radical (unpaired) electrons. The molecule has 224 valence electrons. The molecule has 3 N–H and O–H groups in total. The van der Waals surface area contributed by atoms with Gasteiger partial charge in [0.1, 0.15) is 41.0 Å². The van der Waals surface area contributed by atoms with Crippen LogP contribution >= 0.6 is 0 Å². The lowest BCUT2D eigenvalue weighted by Crippen LogP contribution is -2.66. The summed E-state index contributed by atoms with van der Waals surface area (Å²) in [5.41, 5.74) is 0.148. The Hall–Kier alpha value is -4.53. The highest BCUT2D eigenvalue weighted by atomic mass is 16.7. The van der Waals surface area contributed by atoms with Gasteiger partial charge in [-0.05, 0) is 39.3 Å². The number of amides is 1. The number of aliphatic hydroxyl groups excluding tert-OH is 1. The molecule has 1 aliphatic heterocycles. The topological polar surface area (TPSA) is 168 Å². The van der Waals surface area contributed by atoms with Gasteiger partial charge in [0, 0.05) is 12.7 Å². The number of carbonyl (C=O) groups is 1. The van der Waals surface area contributed by atoms with Crippen LogP contribution in [0.4, 0.5) is 4.79 Å². The molecule has 5 atom stereocenters. The predicted octanol–water partition coefficient (Wildman–Crippen LogP) is 2.29. The number of benzene rings is 1. The summed E-state index contributed by atoms with van der Waals surface area (Å²) < 4.78 is 28.7. The van der Waals surface area contributed by atoms with E-state index < -0.39 is 41.9 Å². The molecule has 0 spiro atoms. The summed E-state index contributed by atoms with van der Waals surface area (Å²) in [6, 6.07) is 2.94. The zero-order valence-electron chi connectivity index (χ0n) is 23.5. The molecule has 42 heavy (non-hydrogen) atoms. The van der Waals surface area contributed by atoms with Gasteiger partial charge in [-0.3, -0.25) is 4.84 Å². The van der Waals surface area contributed by atoms with Crippen LogP contribution in [0, 0.1) is 31.6 Å². The Morgan fingerprint density at radius 1 is 1.31 bits per heavy atom. The lowest BCUT2D eigenvalue weighted by atomic mass is 9.85. The van der Waals surface area contributed by atoms with Crippen LogP contribution in [-0.4, -0.2) is 72.5 Å². The first-order chi connectivity index (χ1) is 20.0. The second kappa shape index (κ2) is 13.9. The highest BCUT2D eigenvalue weighted by Crippen LogP contribution is 2.39. The summed E-state index contributed by atoms with van der Waals surface area (Å²) in [6.45, 7) is 8.12. The standard InChI is InChI=1S/C29H32N2O11/c1-8-13-29(6)25(36-7)24(41-28(35)31-38-15-10-3)22(33)27(42-29)39-19-12-11-18-21(32)20(17(5)30-37-14-9-2)26(34)40-23(18)16(19)4/h2-3,8,11-12,22,24-25,27,32-33H,1,13-15H2,4-7H3,(H,31,35)/b30-17+/t22-,24+,25-,27?,29+/m1/s1. The van der Waals surface area contributed by atoms with Crippen molar-refractivity contribution >= 4 is 22.8 Å². The van der Waals surface area contributed by atoms with Gasteiger partial charge in [0.15, 0.2) is 18.8 Å². The van der Waals surface area contributed by atoms with Crippen molar-refractivity contribution in [3.05, 3.63) is 46.3 Å². The minimum atomic E-state index is -1.56. The van der Waals surface area contributed by atoms with E-state index in [9.17, 15) is 19.8 Å². The van der Waals surface area contributed by atoms with Gasteiger partial charge in [0.2, 0.25) is 6.29 Å². The van der Waals surface area contributed by atoms with E-state index in [1.54, 1.807) is 19.9 Å². The Morgan fingerprint density at radius 3 is 2.67 bits per heavy atom. The van der Waals surface area contributed by atoms with Crippen LogP contribution in [0.15, 0.2) is 39.2 Å². The highest BCUT2D eigenvalue weighted by Gasteiger charge is 2.55. The first kappa shape index (κ1) is 32.0. The number of carbonyl (C=O) groups excluding carboxylic acids is 1. The maximum atomic E-state index is 12.8. The summed E-state index contributed by atoms with van der Waals surface area (Å²) in [6.07, 6.45) is 5.80. The van der Waals surface area contributed by atoms with Crippen molar-refractivity contribution in [1.29, 1.82) is 0 Å². The fourth-order valence-electron chi connectivity index (χ4n) is 4.58. The molecule has 2 aromatic rings. The first-order valence-corrected chi connectivity index (χ1v) is 12.6. The number of oxime groups is 1. The number of hydrogen-bond acceptors (Lipinski definition) is 12. The molecule has 1 amide bonds. The van der Waals surface area contributed by atoms with E-state index in [4.69, 9.17) is 45.9 Å². The van der Waals surface area contributed by atoms with Crippen LogP contribution in [0.5, 0.6) is 11.5 Å². The molecule has 1 aromatic carbocycles. The van der Waals surface area contributed by atoms with Gasteiger partial charge in [0.25, 0.3) is 0 Å². The number of hydroxylamine groups is 1. The third-order valence-electron chi connectivity index (χ3n) is 6.46. The largest absolute Gasteiger partial charge is 0.506 e. The van der Waals surface area contributed by atoms with Crippen LogP contribution in [0.2, 0.25) is 0 Å². The maximum Gasteiger partial charge on any atom is 0.431 e. The van der Waals surface area contributed by atoms with Crippen LogP contribution in [-0.2, 0) is 23.9 Å². The number of aryl methyl sites for hydroxylation is 1. The molecule has 0 bridgehead atoms. The third kappa shape index (κ3) is 6.67. The fourth-order valence-corrected chi connectivity index (χ4v) is 4.58. The van der Waals surface area contributed by atoms with Crippen LogP contribution in [0.3, 0.4) is 0 Å². The molecule has 2 heterocycles. The number of nitrogens with one attached hydrogen (secondary N) is 1. The van der Waals surface area contributed by atoms with Gasteiger partial charge < -0.3 is 38.4 Å². The number of hydrogen-bond donors (Lipinski definition) is 3. The fraction of sp³-hybridized carbons (Fsp3) is 0.414. The van der Waals surface area contributed by atoms with Crippen molar-refractivity contribution in [2.45, 2.75) is 57.4 Å². The van der Waals surface area contributed by atoms with Crippen molar-refractivity contribution in [1.82, 2.24) is 5.48 Å². The van der Waals surface area contributed by atoms with Gasteiger partial charge in [-0.2, -0.15) is 5.48 Å². The van der Waals surface area contributed by atoms with Gasteiger partial charge in [0.05, 0.1) is 11.1 Å². The molecule has 13 heteroatoms. The third-order valence-corrected chi connectivity index (χ3v) is 6.46. The van der Waals surface area contributed by atoms with E-state index in [0.717, 1.165) is 0 Å². The number of nitrogens with zero attached hydrogens (tertiary/aromatic N) is 1. The smallest absolute Gasteiger partial charge is 0.431 e. The molecule has 0 saturated carbocycles. The molecule has 1 unspecified atom stereocenters. The van der Waals surface area contributed by atoms with E-state index in [-0.39, 0.29) is 53.4 Å². The van der Waals surface area contributed by atoms with Gasteiger partial charge in [-0.1, -0.05) is 23.1 Å². The molecule has 1 aliphatic rings. The Morgan fingerprint density at radius 2 is 2.02 bits per heavy atom. The molecular formula is C29H32N2O11. The molecular weight excluding hydrogens is 552 g/mol. The number of terminal acetylenes is 2. The normalized spacial score (nSPS) is 23.8. The highest BCUT2D eigenvalue weighted by molar-refractivity contribution is 6.04. The van der Waals surface area contributed by atoms with E-state index in [2.05, 4.69) is 23.6 Å². The summed E-state index contributed by atoms with van der Waals surface area (Å²) in [7, 11) is 1.37. The van der Waals surface area contributed by atoms with Gasteiger partial charge in [-0.25, -0.2) is 9.59 Å². The molecule has 3 rings (SSSR count). The summed E-state index contributed by atoms with van der Waals surface area (Å²) in [5, 5.41) is 26.0. The minimum Gasteiger partial charge on any atom is -0.506 e. The molecule has 0 aliphatic carbocycles. The SMILES string of the molecule is C#CCO/N=C(\C)c1c(O)c2ccc(OC3O[C@@](C)(CC=C)[C@H](OC)[C@@H](OC(=O)NOCC#C)[C@H]3O)c(C)c2oc1=O. The Balaban J connectivity index is 1.98. The van der Waals surface area contributed by atoms with Crippen molar-refractivity contribution in [3.63, 3.8) is 0 Å². The number of rotatable bonds is 11. The molecule has 1 aromatic heterocycles. The zero-order chi connectivity index (χ0) is 31.0. The van der Waals surface area contributed by atoms with Crippen LogP contribution < -0.4 is 15.8 Å². The Bertz CT molecular complexity index is 1490. The van der Waals surface area contributed by atoms with Crippen molar-refractivity contribution in [2.24, 2.45) is 5.16 Å². The maximum absolute atomic E-state index is 12.8. The number of fused-ring (bicyclic) bond motifs is 1. The van der Waals surface area contributed by atoms with E-state index in [0.29, 0.717) is 5.56 Å². The van der Waals surface area contributed by atoms with E-state index in [1.165, 1.54) is 26.2 Å². The second-order valence-electron chi connectivity index (χ2n) is 9.35. The molecule has 13 nitrogen and oxygen atoms in total. The summed E-state index contributed by atoms with van der Waals surface area (Å²) in [4.78, 5) is 34.8. The van der Waals surface area contributed by atoms with Gasteiger partial charge >= 0.3 is 11.7 Å². The number of aromatic hydroxyl groups is 1. The van der Waals surface area contributed by atoms with Crippen LogP contribution in [0.25, 0.3) is 11.0 Å². The summed E-state index contributed by atoms with van der Waals surface area (Å²) in [5.74, 6) is 4.18. The van der Waals surface area contributed by atoms with Crippen molar-refractivity contribution in [2.75, 3.05) is 20.3 Å². The Kier molecular flexibility index (Phi) is 10.6. The average Bonchev–Trinajstić information content (AvgIpc) is 2.93. The van der Waals surface area contributed by atoms with E-state index >= 15 is 0 Å². The van der Waals surface area contributed by atoms with Crippen molar-refractivity contribution in [3.8, 4) is 36.2 Å². The van der Waals surface area contributed by atoms with Gasteiger partial charge in [-0.15, -0.1) is 19.4 Å². The van der Waals surface area contributed by atoms with Crippen LogP contribution in [0.1, 0.15) is 31.4 Å². The average molecular weight is 585 g/mol. The second-order valence-corrected chi connectivity index (χ2v) is 9.35. The number of aliphatic hydroxyl groups is 1. The number of methoxy groups -OCH3 is 1. The van der Waals surface area contributed by atoms with Crippen molar-refractivity contribution < 1.29 is 48.0 Å². The Labute approximate surface area is 241 Å². The first-order valence-electron chi connectivity index (χ1n) is 12.6. The molecule has 1 saturated heterocycles. The zero-order valence-corrected chi connectivity index (χ0v) is 23.5. The lowest BCUT2D eigenvalue weighted by molar-refractivity contribution is -0.309. The monoisotopic (exact) mass is 584 g/mol. The predicted molar refractivity (Wildman–Crippen MR) is 150 cm³/mol.